The number of hydrogen-bond acceptors (Lipinski definition) is 2. The van der Waals surface area contributed by atoms with Gasteiger partial charge in [0.1, 0.15) is 0 Å². The fourth-order valence-corrected chi connectivity index (χ4v) is 2.37. The number of anilines is 1. The van der Waals surface area contributed by atoms with Gasteiger partial charge in [-0.25, -0.2) is 0 Å². The molecule has 1 N–H and O–H groups in total. The monoisotopic (exact) mass is 258 g/mol. The predicted molar refractivity (Wildman–Crippen MR) is 80.2 cm³/mol. The number of amides is 1. The Hall–Kier alpha value is -1.77. The minimum absolute atomic E-state index is 0.00622. The minimum Gasteiger partial charge on any atom is -0.372 e. The van der Waals surface area contributed by atoms with Crippen molar-refractivity contribution in [1.82, 2.24) is 5.32 Å². The van der Waals surface area contributed by atoms with Crippen LogP contribution in [-0.4, -0.2) is 25.5 Å². The number of rotatable bonds is 4. The molecule has 1 aliphatic rings. The van der Waals surface area contributed by atoms with Crippen molar-refractivity contribution < 1.29 is 4.79 Å². The summed E-state index contributed by atoms with van der Waals surface area (Å²) in [4.78, 5) is 13.2. The van der Waals surface area contributed by atoms with Crippen molar-refractivity contribution in [3.8, 4) is 0 Å². The first-order chi connectivity index (χ1) is 9.25. The Labute approximate surface area is 115 Å². The van der Waals surface area contributed by atoms with Crippen LogP contribution in [0, 0.1) is 0 Å². The summed E-state index contributed by atoms with van der Waals surface area (Å²) in [7, 11) is 0. The molecule has 19 heavy (non-hydrogen) atoms. The van der Waals surface area contributed by atoms with E-state index in [9.17, 15) is 4.79 Å². The lowest BCUT2D eigenvalue weighted by Gasteiger charge is -2.29. The number of hydrogen-bond donors (Lipinski definition) is 1. The average molecular weight is 258 g/mol. The fourth-order valence-electron chi connectivity index (χ4n) is 2.37. The lowest BCUT2D eigenvalue weighted by atomic mass is 10.1. The Morgan fingerprint density at radius 1 is 1.32 bits per heavy atom. The highest BCUT2D eigenvalue weighted by Gasteiger charge is 2.10. The van der Waals surface area contributed by atoms with Crippen LogP contribution in [0.1, 0.15) is 31.7 Å². The molecule has 0 aromatic heterocycles. The maximum absolute atomic E-state index is 10.8. The van der Waals surface area contributed by atoms with Crippen molar-refractivity contribution in [1.29, 1.82) is 0 Å². The SMILES string of the molecule is CC(=O)NCC=Cc1cccc(N2CCCCC2)c1. The number of piperidine rings is 1. The van der Waals surface area contributed by atoms with Gasteiger partial charge in [0, 0.05) is 32.2 Å². The van der Waals surface area contributed by atoms with E-state index in [-0.39, 0.29) is 5.91 Å². The second-order valence-electron chi connectivity index (χ2n) is 4.98. The van der Waals surface area contributed by atoms with Gasteiger partial charge in [0.2, 0.25) is 5.91 Å². The summed E-state index contributed by atoms with van der Waals surface area (Å²) in [5.41, 5.74) is 2.50. The van der Waals surface area contributed by atoms with E-state index < -0.39 is 0 Å². The van der Waals surface area contributed by atoms with Crippen LogP contribution >= 0.6 is 0 Å². The predicted octanol–water partition coefficient (Wildman–Crippen LogP) is 2.83. The molecule has 102 valence electrons. The van der Waals surface area contributed by atoms with Crippen LogP contribution in [0.25, 0.3) is 6.08 Å². The van der Waals surface area contributed by atoms with Gasteiger partial charge in [-0.3, -0.25) is 4.79 Å². The zero-order valence-corrected chi connectivity index (χ0v) is 11.6. The standard InChI is InChI=1S/C16H22N2O/c1-14(19)17-10-6-8-15-7-5-9-16(13-15)18-11-3-2-4-12-18/h5-9,13H,2-4,10-12H2,1H3,(H,17,19). The van der Waals surface area contributed by atoms with Gasteiger partial charge in [-0.15, -0.1) is 0 Å². The Morgan fingerprint density at radius 2 is 2.11 bits per heavy atom. The summed E-state index contributed by atoms with van der Waals surface area (Å²) in [5, 5.41) is 2.76. The maximum atomic E-state index is 10.8. The van der Waals surface area contributed by atoms with Crippen molar-refractivity contribution in [2.45, 2.75) is 26.2 Å². The number of carbonyl (C=O) groups excluding carboxylic acids is 1. The molecule has 1 aliphatic heterocycles. The highest BCUT2D eigenvalue weighted by molar-refractivity contribution is 5.73. The minimum atomic E-state index is 0.00622. The molecule has 0 atom stereocenters. The van der Waals surface area contributed by atoms with Crippen LogP contribution < -0.4 is 10.2 Å². The van der Waals surface area contributed by atoms with Gasteiger partial charge >= 0.3 is 0 Å². The van der Waals surface area contributed by atoms with Gasteiger partial charge in [0.15, 0.2) is 0 Å². The Bertz CT molecular complexity index is 448. The van der Waals surface area contributed by atoms with Gasteiger partial charge in [-0.1, -0.05) is 24.3 Å². The largest absolute Gasteiger partial charge is 0.372 e. The topological polar surface area (TPSA) is 32.3 Å². The molecule has 0 radical (unpaired) electrons. The van der Waals surface area contributed by atoms with Gasteiger partial charge in [0.05, 0.1) is 0 Å². The molecular formula is C16H22N2O. The van der Waals surface area contributed by atoms with Crippen LogP contribution in [0.15, 0.2) is 30.3 Å². The Morgan fingerprint density at radius 3 is 2.84 bits per heavy atom. The van der Waals surface area contributed by atoms with E-state index in [1.807, 2.05) is 6.08 Å². The second kappa shape index (κ2) is 6.98. The first-order valence-corrected chi connectivity index (χ1v) is 7.02. The van der Waals surface area contributed by atoms with Crippen LogP contribution in [0.3, 0.4) is 0 Å². The van der Waals surface area contributed by atoms with E-state index >= 15 is 0 Å². The summed E-state index contributed by atoms with van der Waals surface area (Å²) in [6.07, 6.45) is 7.98. The van der Waals surface area contributed by atoms with E-state index in [1.165, 1.54) is 50.5 Å². The first kappa shape index (κ1) is 13.7. The highest BCUT2D eigenvalue weighted by atomic mass is 16.1. The molecule has 0 aliphatic carbocycles. The zero-order chi connectivity index (χ0) is 13.5. The van der Waals surface area contributed by atoms with E-state index in [4.69, 9.17) is 0 Å². The van der Waals surface area contributed by atoms with Crippen LogP contribution in [0.4, 0.5) is 5.69 Å². The normalized spacial score (nSPS) is 15.7. The molecule has 0 saturated carbocycles. The van der Waals surface area contributed by atoms with Crippen LogP contribution in [-0.2, 0) is 4.79 Å². The molecule has 3 heteroatoms. The molecule has 0 unspecified atom stereocenters. The van der Waals surface area contributed by atoms with Crippen molar-refractivity contribution in [3.63, 3.8) is 0 Å². The van der Waals surface area contributed by atoms with E-state index in [2.05, 4.69) is 40.6 Å². The van der Waals surface area contributed by atoms with Crippen molar-refractivity contribution >= 4 is 17.7 Å². The van der Waals surface area contributed by atoms with Crippen molar-refractivity contribution in [2.75, 3.05) is 24.5 Å². The third-order valence-electron chi connectivity index (χ3n) is 3.37. The highest BCUT2D eigenvalue weighted by Crippen LogP contribution is 2.21. The van der Waals surface area contributed by atoms with Crippen molar-refractivity contribution in [3.05, 3.63) is 35.9 Å². The molecule has 0 spiro atoms. The summed E-state index contributed by atoms with van der Waals surface area (Å²) >= 11 is 0. The van der Waals surface area contributed by atoms with Gasteiger partial charge < -0.3 is 10.2 Å². The van der Waals surface area contributed by atoms with Gasteiger partial charge in [-0.2, -0.15) is 0 Å². The Kier molecular flexibility index (Phi) is 5.01. The maximum Gasteiger partial charge on any atom is 0.217 e. The van der Waals surface area contributed by atoms with E-state index in [1.54, 1.807) is 0 Å². The molecule has 1 heterocycles. The summed E-state index contributed by atoms with van der Waals surface area (Å²) in [6, 6.07) is 8.59. The third kappa shape index (κ3) is 4.43. The molecule has 0 bridgehead atoms. The molecule has 3 nitrogen and oxygen atoms in total. The number of carbonyl (C=O) groups is 1. The molecular weight excluding hydrogens is 236 g/mol. The quantitative estimate of drug-likeness (QED) is 0.900. The van der Waals surface area contributed by atoms with Crippen LogP contribution in [0.2, 0.25) is 0 Å². The fraction of sp³-hybridized carbons (Fsp3) is 0.438. The average Bonchev–Trinajstić information content (AvgIpc) is 2.45. The second-order valence-corrected chi connectivity index (χ2v) is 4.98. The summed E-state index contributed by atoms with van der Waals surface area (Å²) in [6.45, 7) is 4.45. The molecule has 1 fully saturated rings. The first-order valence-electron chi connectivity index (χ1n) is 7.02. The molecule has 1 amide bonds. The number of nitrogens with one attached hydrogen (secondary N) is 1. The third-order valence-corrected chi connectivity index (χ3v) is 3.37. The zero-order valence-electron chi connectivity index (χ0n) is 11.6. The molecule has 1 aromatic carbocycles. The molecule has 1 saturated heterocycles. The molecule has 2 rings (SSSR count). The van der Waals surface area contributed by atoms with E-state index in [0.29, 0.717) is 6.54 Å². The van der Waals surface area contributed by atoms with E-state index in [0.717, 1.165) is 0 Å². The number of benzene rings is 1. The lowest BCUT2D eigenvalue weighted by Crippen LogP contribution is -2.29. The van der Waals surface area contributed by atoms with Gasteiger partial charge in [-0.05, 0) is 37.0 Å². The Balaban J connectivity index is 1.96. The van der Waals surface area contributed by atoms with Gasteiger partial charge in [0.25, 0.3) is 0 Å². The smallest absolute Gasteiger partial charge is 0.217 e. The number of nitrogens with zero attached hydrogens (tertiary/aromatic N) is 1. The lowest BCUT2D eigenvalue weighted by molar-refractivity contribution is -0.118. The van der Waals surface area contributed by atoms with Crippen LogP contribution in [0.5, 0.6) is 0 Å². The van der Waals surface area contributed by atoms with Crippen molar-refractivity contribution in [2.24, 2.45) is 0 Å². The summed E-state index contributed by atoms with van der Waals surface area (Å²) in [5.74, 6) is 0.00622. The molecule has 1 aromatic rings. The summed E-state index contributed by atoms with van der Waals surface area (Å²) < 4.78 is 0.